The van der Waals surface area contributed by atoms with Crippen LogP contribution in [-0.2, 0) is 0 Å². The van der Waals surface area contributed by atoms with Crippen LogP contribution in [0.15, 0.2) is 30.3 Å². The second-order valence-corrected chi connectivity index (χ2v) is 4.57. The van der Waals surface area contributed by atoms with Crippen LogP contribution in [0, 0.1) is 0 Å². The molecule has 2 rings (SSSR count). The first-order valence-electron chi connectivity index (χ1n) is 6.76. The fraction of sp³-hybridized carbons (Fsp3) is 0.333. The van der Waals surface area contributed by atoms with Gasteiger partial charge in [0.15, 0.2) is 5.82 Å². The van der Waals surface area contributed by atoms with Crippen molar-refractivity contribution in [1.29, 1.82) is 0 Å². The molecular weight excluding hydrogens is 286 g/mol. The summed E-state index contributed by atoms with van der Waals surface area (Å²) in [6, 6.07) is 9.01. The van der Waals surface area contributed by atoms with Gasteiger partial charge in [0.25, 0.3) is 0 Å². The Labute approximate surface area is 128 Å². The van der Waals surface area contributed by atoms with Crippen LogP contribution >= 0.6 is 0 Å². The Morgan fingerprint density at radius 3 is 2.41 bits per heavy atom. The number of aromatic nitrogens is 2. The summed E-state index contributed by atoms with van der Waals surface area (Å²) in [5.41, 5.74) is 1.57. The van der Waals surface area contributed by atoms with E-state index < -0.39 is 6.10 Å². The van der Waals surface area contributed by atoms with Gasteiger partial charge in [0.2, 0.25) is 11.8 Å². The topological polar surface area (TPSA) is 96.7 Å². The second kappa shape index (κ2) is 7.58. The first-order valence-corrected chi connectivity index (χ1v) is 6.76. The average Bonchev–Trinajstić information content (AvgIpc) is 2.59. The van der Waals surface area contributed by atoms with Crippen LogP contribution in [0.1, 0.15) is 0 Å². The number of benzene rings is 1. The first-order chi connectivity index (χ1) is 10.7. The summed E-state index contributed by atoms with van der Waals surface area (Å²) in [5, 5.41) is 21.2. The van der Waals surface area contributed by atoms with E-state index in [2.05, 4.69) is 15.3 Å². The molecule has 0 radical (unpaired) electrons. The molecule has 0 aliphatic rings. The van der Waals surface area contributed by atoms with Crippen molar-refractivity contribution in [2.75, 3.05) is 32.7 Å². The van der Waals surface area contributed by atoms with Crippen molar-refractivity contribution in [1.82, 2.24) is 9.97 Å². The highest BCUT2D eigenvalue weighted by molar-refractivity contribution is 5.63. The molecule has 0 saturated heterocycles. The maximum absolute atomic E-state index is 9.37. The van der Waals surface area contributed by atoms with Gasteiger partial charge in [-0.15, -0.1) is 0 Å². The smallest absolute Gasteiger partial charge is 0.220 e. The maximum Gasteiger partial charge on any atom is 0.220 e. The number of aliphatic hydroxyl groups is 2. The highest BCUT2D eigenvalue weighted by Crippen LogP contribution is 2.24. The largest absolute Gasteiger partial charge is 0.481 e. The summed E-state index contributed by atoms with van der Waals surface area (Å²) in [5.74, 6) is 1.30. The fourth-order valence-electron chi connectivity index (χ4n) is 1.81. The zero-order chi connectivity index (χ0) is 15.9. The predicted octanol–water partition coefficient (Wildman–Crippen LogP) is 0.926. The van der Waals surface area contributed by atoms with Gasteiger partial charge in [-0.3, -0.25) is 0 Å². The number of ether oxygens (including phenoxy) is 2. The summed E-state index contributed by atoms with van der Waals surface area (Å²) in [7, 11) is 3.06. The van der Waals surface area contributed by atoms with Crippen LogP contribution < -0.4 is 14.8 Å². The van der Waals surface area contributed by atoms with Crippen LogP contribution in [0.4, 0.5) is 5.69 Å². The van der Waals surface area contributed by atoms with Crippen LogP contribution in [0.2, 0.25) is 0 Å². The third-order valence-electron chi connectivity index (χ3n) is 2.97. The Morgan fingerprint density at radius 1 is 1.14 bits per heavy atom. The number of hydrogen-bond donors (Lipinski definition) is 3. The van der Waals surface area contributed by atoms with E-state index in [0.29, 0.717) is 17.6 Å². The molecular formula is C15H19N3O4. The monoisotopic (exact) mass is 305 g/mol. The van der Waals surface area contributed by atoms with Gasteiger partial charge in [-0.2, -0.15) is 9.97 Å². The molecule has 0 bridgehead atoms. The molecule has 0 aliphatic carbocycles. The Kier molecular flexibility index (Phi) is 5.51. The average molecular weight is 305 g/mol. The Bertz CT molecular complexity index is 599. The summed E-state index contributed by atoms with van der Waals surface area (Å²) >= 11 is 0. The molecule has 1 heterocycles. The van der Waals surface area contributed by atoms with Crippen molar-refractivity contribution in [3.63, 3.8) is 0 Å². The molecule has 2 aromatic rings. The fourth-order valence-corrected chi connectivity index (χ4v) is 1.81. The van der Waals surface area contributed by atoms with Crippen LogP contribution in [0.25, 0.3) is 11.4 Å². The minimum atomic E-state index is -0.809. The molecule has 0 spiro atoms. The summed E-state index contributed by atoms with van der Waals surface area (Å²) in [6.07, 6.45) is -0.809. The standard InChI is InChI=1S/C15H19N3O4/c1-21-13-7-14(22-2)18-15(17-13)10-4-3-5-11(6-10)16-8-12(20)9-19/h3-7,12,16,19-20H,8-9H2,1-2H3. The summed E-state index contributed by atoms with van der Waals surface area (Å²) in [4.78, 5) is 8.58. The molecule has 1 unspecified atom stereocenters. The summed E-state index contributed by atoms with van der Waals surface area (Å²) < 4.78 is 10.3. The molecule has 0 saturated carbocycles. The van der Waals surface area contributed by atoms with E-state index >= 15 is 0 Å². The van der Waals surface area contributed by atoms with E-state index in [9.17, 15) is 5.11 Å². The molecule has 0 amide bonds. The van der Waals surface area contributed by atoms with Crippen molar-refractivity contribution in [3.8, 4) is 23.1 Å². The molecule has 0 aliphatic heterocycles. The first kappa shape index (κ1) is 16.0. The van der Waals surface area contributed by atoms with Gasteiger partial charge in [0.05, 0.1) is 33.0 Å². The number of anilines is 1. The van der Waals surface area contributed by atoms with Crippen molar-refractivity contribution < 1.29 is 19.7 Å². The number of nitrogens with one attached hydrogen (secondary N) is 1. The SMILES string of the molecule is COc1cc(OC)nc(-c2cccc(NCC(O)CO)c2)n1. The lowest BCUT2D eigenvalue weighted by molar-refractivity contribution is 0.105. The van der Waals surface area contributed by atoms with E-state index in [0.717, 1.165) is 11.3 Å². The van der Waals surface area contributed by atoms with E-state index in [1.807, 2.05) is 24.3 Å². The van der Waals surface area contributed by atoms with Gasteiger partial charge in [0.1, 0.15) is 0 Å². The Balaban J connectivity index is 2.25. The minimum Gasteiger partial charge on any atom is -0.481 e. The molecule has 3 N–H and O–H groups in total. The quantitative estimate of drug-likeness (QED) is 0.700. The maximum atomic E-state index is 9.37. The highest BCUT2D eigenvalue weighted by Gasteiger charge is 2.09. The third-order valence-corrected chi connectivity index (χ3v) is 2.97. The lowest BCUT2D eigenvalue weighted by Crippen LogP contribution is -2.22. The predicted molar refractivity (Wildman–Crippen MR) is 82.2 cm³/mol. The lowest BCUT2D eigenvalue weighted by Gasteiger charge is -2.11. The van der Waals surface area contributed by atoms with Crippen molar-refractivity contribution in [3.05, 3.63) is 30.3 Å². The van der Waals surface area contributed by atoms with E-state index in [4.69, 9.17) is 14.6 Å². The zero-order valence-electron chi connectivity index (χ0n) is 12.5. The lowest BCUT2D eigenvalue weighted by atomic mass is 10.2. The molecule has 0 fully saturated rings. The zero-order valence-corrected chi connectivity index (χ0v) is 12.5. The molecule has 7 heteroatoms. The molecule has 1 atom stereocenters. The van der Waals surface area contributed by atoms with E-state index in [-0.39, 0.29) is 13.2 Å². The van der Waals surface area contributed by atoms with Gasteiger partial charge in [-0.1, -0.05) is 12.1 Å². The minimum absolute atomic E-state index is 0.252. The summed E-state index contributed by atoms with van der Waals surface area (Å²) in [6.45, 7) is -0.0366. The van der Waals surface area contributed by atoms with Crippen LogP contribution in [0.3, 0.4) is 0 Å². The van der Waals surface area contributed by atoms with Gasteiger partial charge in [-0.25, -0.2) is 0 Å². The Hall–Kier alpha value is -2.38. The number of hydrogen-bond acceptors (Lipinski definition) is 7. The highest BCUT2D eigenvalue weighted by atomic mass is 16.5. The van der Waals surface area contributed by atoms with Gasteiger partial charge < -0.3 is 25.0 Å². The Morgan fingerprint density at radius 2 is 1.82 bits per heavy atom. The number of methoxy groups -OCH3 is 2. The van der Waals surface area contributed by atoms with Crippen LogP contribution in [-0.4, -0.2) is 53.7 Å². The number of aliphatic hydroxyl groups excluding tert-OH is 2. The second-order valence-electron chi connectivity index (χ2n) is 4.57. The molecule has 1 aromatic heterocycles. The van der Waals surface area contributed by atoms with E-state index in [1.165, 1.54) is 14.2 Å². The third kappa shape index (κ3) is 4.06. The van der Waals surface area contributed by atoms with Gasteiger partial charge in [-0.05, 0) is 12.1 Å². The molecule has 22 heavy (non-hydrogen) atoms. The van der Waals surface area contributed by atoms with Crippen molar-refractivity contribution in [2.24, 2.45) is 0 Å². The number of nitrogens with zero attached hydrogens (tertiary/aromatic N) is 2. The molecule has 7 nitrogen and oxygen atoms in total. The number of rotatable bonds is 7. The van der Waals surface area contributed by atoms with Crippen molar-refractivity contribution >= 4 is 5.69 Å². The normalized spacial score (nSPS) is 11.8. The molecule has 118 valence electrons. The van der Waals surface area contributed by atoms with Crippen LogP contribution in [0.5, 0.6) is 11.8 Å². The molecule has 1 aromatic carbocycles. The van der Waals surface area contributed by atoms with Gasteiger partial charge >= 0.3 is 0 Å². The van der Waals surface area contributed by atoms with Crippen molar-refractivity contribution in [2.45, 2.75) is 6.10 Å². The van der Waals surface area contributed by atoms with E-state index in [1.54, 1.807) is 6.07 Å². The van der Waals surface area contributed by atoms with Gasteiger partial charge in [0, 0.05) is 17.8 Å².